The van der Waals surface area contributed by atoms with E-state index < -0.39 is 11.9 Å². The first-order chi connectivity index (χ1) is 14.2. The number of hydrogen-bond donors (Lipinski definition) is 0. The molecule has 0 aromatic carbocycles. The van der Waals surface area contributed by atoms with Gasteiger partial charge in [0.25, 0.3) is 0 Å². The zero-order valence-electron chi connectivity index (χ0n) is 19.0. The molecule has 0 N–H and O–H groups in total. The molecule has 0 amide bonds. The van der Waals surface area contributed by atoms with Crippen LogP contribution in [0.25, 0.3) is 0 Å². The smallest absolute Gasteiger partial charge is 0.331 e. The molecule has 0 aliphatic heterocycles. The molecule has 0 spiro atoms. The summed E-state index contributed by atoms with van der Waals surface area (Å²) in [7, 11) is 0. The Labute approximate surface area is 179 Å². The maximum Gasteiger partial charge on any atom is 0.331 e. The van der Waals surface area contributed by atoms with Crippen molar-refractivity contribution in [3.8, 4) is 0 Å². The van der Waals surface area contributed by atoms with E-state index in [-0.39, 0.29) is 0 Å². The third kappa shape index (κ3) is 22.6. The summed E-state index contributed by atoms with van der Waals surface area (Å²) in [6.45, 7) is 5.05. The molecule has 0 fully saturated rings. The Hall–Kier alpha value is -1.58. The molecule has 0 aromatic rings. The lowest BCUT2D eigenvalue weighted by molar-refractivity contribution is -0.140. The highest BCUT2D eigenvalue weighted by Crippen LogP contribution is 2.12. The second kappa shape index (κ2) is 22.7. The molecular weight excluding hydrogens is 364 g/mol. The highest BCUT2D eigenvalue weighted by atomic mass is 16.5. The zero-order valence-corrected chi connectivity index (χ0v) is 19.0. The summed E-state index contributed by atoms with van der Waals surface area (Å²) in [5.74, 6) is -0.987. The lowest BCUT2D eigenvalue weighted by atomic mass is 10.0. The number of hydrogen-bond acceptors (Lipinski definition) is 4. The standard InChI is InChI=1S/C25H44O4/c1-3-5-7-9-10-11-12-13-14-15-16-17-19-23-29-25(27)21-20-24(26)28-22-18-8-6-4-2/h6,8,20-21H,3-5,7,9-19,22-23H2,1-2H3/b8-6+,21-20+. The summed E-state index contributed by atoms with van der Waals surface area (Å²) < 4.78 is 10.1. The topological polar surface area (TPSA) is 52.6 Å². The second-order valence-electron chi connectivity index (χ2n) is 7.58. The van der Waals surface area contributed by atoms with Gasteiger partial charge in [-0.05, 0) is 19.3 Å². The van der Waals surface area contributed by atoms with Gasteiger partial charge in [0.2, 0.25) is 0 Å². The lowest BCUT2D eigenvalue weighted by Crippen LogP contribution is -2.06. The van der Waals surface area contributed by atoms with Crippen molar-refractivity contribution in [2.45, 2.75) is 110 Å². The van der Waals surface area contributed by atoms with Gasteiger partial charge in [-0.2, -0.15) is 0 Å². The molecule has 0 saturated carbocycles. The van der Waals surface area contributed by atoms with Crippen molar-refractivity contribution in [1.29, 1.82) is 0 Å². The molecule has 0 heterocycles. The Kier molecular flexibility index (Phi) is 21.5. The van der Waals surface area contributed by atoms with Crippen molar-refractivity contribution in [1.82, 2.24) is 0 Å². The summed E-state index contributed by atoms with van der Waals surface area (Å²) in [5, 5.41) is 0. The van der Waals surface area contributed by atoms with E-state index in [1.807, 2.05) is 12.2 Å². The molecule has 168 valence electrons. The first kappa shape index (κ1) is 27.4. The number of unbranched alkanes of at least 4 members (excludes halogenated alkanes) is 12. The normalized spacial score (nSPS) is 11.4. The van der Waals surface area contributed by atoms with Gasteiger partial charge in [0.1, 0.15) is 0 Å². The third-order valence-electron chi connectivity index (χ3n) is 4.78. The van der Waals surface area contributed by atoms with Crippen LogP contribution < -0.4 is 0 Å². The largest absolute Gasteiger partial charge is 0.463 e. The molecule has 0 aromatic heterocycles. The first-order valence-electron chi connectivity index (χ1n) is 11.9. The molecule has 0 rings (SSSR count). The van der Waals surface area contributed by atoms with E-state index in [1.54, 1.807) is 0 Å². The van der Waals surface area contributed by atoms with E-state index in [1.165, 1.54) is 70.6 Å². The fourth-order valence-corrected chi connectivity index (χ4v) is 3.04. The van der Waals surface area contributed by atoms with Crippen LogP contribution in [-0.2, 0) is 19.1 Å². The van der Waals surface area contributed by atoms with E-state index in [2.05, 4.69) is 13.8 Å². The van der Waals surface area contributed by atoms with Gasteiger partial charge in [0.15, 0.2) is 0 Å². The number of allylic oxidation sites excluding steroid dienone is 1. The van der Waals surface area contributed by atoms with Gasteiger partial charge in [0, 0.05) is 12.2 Å². The highest BCUT2D eigenvalue weighted by molar-refractivity contribution is 5.91. The number of carbonyl (C=O) groups excluding carboxylic acids is 2. The lowest BCUT2D eigenvalue weighted by Gasteiger charge is -2.04. The third-order valence-corrected chi connectivity index (χ3v) is 4.78. The average Bonchev–Trinajstić information content (AvgIpc) is 2.72. The van der Waals surface area contributed by atoms with E-state index in [9.17, 15) is 9.59 Å². The predicted molar refractivity (Wildman–Crippen MR) is 121 cm³/mol. The zero-order chi connectivity index (χ0) is 21.4. The highest BCUT2D eigenvalue weighted by Gasteiger charge is 2.01. The summed E-state index contributed by atoms with van der Waals surface area (Å²) in [5.41, 5.74) is 0. The Balaban J connectivity index is 3.38. The molecule has 0 unspecified atom stereocenters. The van der Waals surface area contributed by atoms with Crippen LogP contribution in [0.1, 0.15) is 110 Å². The van der Waals surface area contributed by atoms with Crippen LogP contribution in [0.15, 0.2) is 24.3 Å². The maximum atomic E-state index is 11.6. The fourth-order valence-electron chi connectivity index (χ4n) is 3.04. The molecule has 0 radical (unpaired) electrons. The minimum Gasteiger partial charge on any atom is -0.463 e. The first-order valence-corrected chi connectivity index (χ1v) is 11.9. The van der Waals surface area contributed by atoms with Gasteiger partial charge in [-0.1, -0.05) is 103 Å². The SMILES string of the molecule is CC/C=C/CCOC(=O)/C=C/C(=O)OCCCCCCCCCCCCCCC. The van der Waals surface area contributed by atoms with Crippen molar-refractivity contribution in [2.75, 3.05) is 13.2 Å². The minimum atomic E-state index is -0.507. The number of ether oxygens (including phenoxy) is 2. The Morgan fingerprint density at radius 1 is 0.586 bits per heavy atom. The van der Waals surface area contributed by atoms with Crippen LogP contribution in [0.2, 0.25) is 0 Å². The van der Waals surface area contributed by atoms with Gasteiger partial charge in [-0.3, -0.25) is 0 Å². The molecule has 0 aliphatic carbocycles. The van der Waals surface area contributed by atoms with Crippen molar-refractivity contribution in [3.63, 3.8) is 0 Å². The molecular formula is C25H44O4. The van der Waals surface area contributed by atoms with Crippen LogP contribution in [-0.4, -0.2) is 25.2 Å². The van der Waals surface area contributed by atoms with Crippen LogP contribution in [0.4, 0.5) is 0 Å². The van der Waals surface area contributed by atoms with Crippen LogP contribution in [0, 0.1) is 0 Å². The quantitative estimate of drug-likeness (QED) is 0.0935. The number of esters is 2. The van der Waals surface area contributed by atoms with Crippen LogP contribution >= 0.6 is 0 Å². The fraction of sp³-hybridized carbons (Fsp3) is 0.760. The predicted octanol–water partition coefficient (Wildman–Crippen LogP) is 7.08. The van der Waals surface area contributed by atoms with Crippen LogP contribution in [0.5, 0.6) is 0 Å². The van der Waals surface area contributed by atoms with Gasteiger partial charge in [0.05, 0.1) is 13.2 Å². The number of carbonyl (C=O) groups is 2. The molecule has 0 bridgehead atoms. The van der Waals surface area contributed by atoms with Gasteiger partial charge in [-0.25, -0.2) is 9.59 Å². The van der Waals surface area contributed by atoms with E-state index in [0.29, 0.717) is 19.6 Å². The molecule has 0 atom stereocenters. The summed E-state index contributed by atoms with van der Waals surface area (Å²) in [6.07, 6.45) is 24.7. The molecule has 29 heavy (non-hydrogen) atoms. The summed E-state index contributed by atoms with van der Waals surface area (Å²) in [6, 6.07) is 0. The average molecular weight is 409 g/mol. The molecule has 4 nitrogen and oxygen atoms in total. The van der Waals surface area contributed by atoms with Crippen molar-refractivity contribution >= 4 is 11.9 Å². The summed E-state index contributed by atoms with van der Waals surface area (Å²) in [4.78, 5) is 23.0. The van der Waals surface area contributed by atoms with Gasteiger partial charge in [-0.15, -0.1) is 0 Å². The van der Waals surface area contributed by atoms with Gasteiger partial charge >= 0.3 is 11.9 Å². The maximum absolute atomic E-state index is 11.6. The Morgan fingerprint density at radius 3 is 1.52 bits per heavy atom. The van der Waals surface area contributed by atoms with E-state index >= 15 is 0 Å². The number of rotatable bonds is 20. The van der Waals surface area contributed by atoms with Crippen molar-refractivity contribution in [2.24, 2.45) is 0 Å². The van der Waals surface area contributed by atoms with E-state index in [4.69, 9.17) is 9.47 Å². The molecule has 0 saturated heterocycles. The van der Waals surface area contributed by atoms with Crippen molar-refractivity contribution in [3.05, 3.63) is 24.3 Å². The Morgan fingerprint density at radius 2 is 1.03 bits per heavy atom. The summed E-state index contributed by atoms with van der Waals surface area (Å²) >= 11 is 0. The van der Waals surface area contributed by atoms with E-state index in [0.717, 1.165) is 31.4 Å². The van der Waals surface area contributed by atoms with Crippen LogP contribution in [0.3, 0.4) is 0 Å². The second-order valence-corrected chi connectivity index (χ2v) is 7.58. The van der Waals surface area contributed by atoms with Gasteiger partial charge < -0.3 is 9.47 Å². The Bertz CT molecular complexity index is 440. The van der Waals surface area contributed by atoms with Crippen molar-refractivity contribution < 1.29 is 19.1 Å². The monoisotopic (exact) mass is 408 g/mol. The minimum absolute atomic E-state index is 0.327. The molecule has 0 aliphatic rings. The molecule has 4 heteroatoms.